The third kappa shape index (κ3) is 5.81. The molecule has 0 spiro atoms. The Bertz CT molecular complexity index is 531. The van der Waals surface area contributed by atoms with Crippen molar-refractivity contribution in [2.45, 2.75) is 32.7 Å². The van der Waals surface area contributed by atoms with E-state index in [1.807, 2.05) is 20.8 Å². The molecular weight excluding hydrogens is 313 g/mol. The van der Waals surface area contributed by atoms with Crippen LogP contribution in [0.2, 0.25) is 10.0 Å². The fourth-order valence-electron chi connectivity index (χ4n) is 1.59. The number of amides is 2. The molecule has 2 amide bonds. The van der Waals surface area contributed by atoms with Gasteiger partial charge in [-0.3, -0.25) is 9.59 Å². The van der Waals surface area contributed by atoms with E-state index in [0.717, 1.165) is 0 Å². The zero-order chi connectivity index (χ0) is 16.2. The predicted octanol–water partition coefficient (Wildman–Crippen LogP) is 2.61. The molecule has 0 aliphatic rings. The fourth-order valence-corrected chi connectivity index (χ4v) is 2.07. The molecule has 0 atom stereocenters. The summed E-state index contributed by atoms with van der Waals surface area (Å²) in [5.41, 5.74) is 5.85. The summed E-state index contributed by atoms with van der Waals surface area (Å²) in [4.78, 5) is 23.5. The first-order chi connectivity index (χ1) is 9.60. The molecular formula is C14H19Cl2N3O2. The summed E-state index contributed by atoms with van der Waals surface area (Å²) in [5.74, 6) is -0.487. The molecule has 0 saturated heterocycles. The van der Waals surface area contributed by atoms with Crippen molar-refractivity contribution >= 4 is 40.7 Å². The lowest BCUT2D eigenvalue weighted by Gasteiger charge is -2.20. The number of anilines is 1. The summed E-state index contributed by atoms with van der Waals surface area (Å²) in [6.45, 7) is 5.89. The van der Waals surface area contributed by atoms with Gasteiger partial charge < -0.3 is 16.4 Å². The molecule has 0 aromatic heterocycles. The molecule has 0 radical (unpaired) electrons. The molecule has 1 aromatic carbocycles. The van der Waals surface area contributed by atoms with E-state index in [0.29, 0.717) is 5.56 Å². The van der Waals surface area contributed by atoms with Crippen molar-refractivity contribution in [3.63, 3.8) is 0 Å². The van der Waals surface area contributed by atoms with Crippen LogP contribution in [0.4, 0.5) is 5.69 Å². The Kier molecular flexibility index (Phi) is 5.87. The highest BCUT2D eigenvalue weighted by atomic mass is 35.5. The van der Waals surface area contributed by atoms with Crippen molar-refractivity contribution in [3.05, 3.63) is 27.7 Å². The highest BCUT2D eigenvalue weighted by Gasteiger charge is 2.14. The summed E-state index contributed by atoms with van der Waals surface area (Å²) < 4.78 is 0. The average Bonchev–Trinajstić information content (AvgIpc) is 2.32. The minimum absolute atomic E-state index is 0.129. The van der Waals surface area contributed by atoms with Gasteiger partial charge in [0.2, 0.25) is 5.91 Å². The van der Waals surface area contributed by atoms with Gasteiger partial charge in [-0.2, -0.15) is 0 Å². The minimum atomic E-state index is -0.359. The van der Waals surface area contributed by atoms with Crippen LogP contribution in [0, 0.1) is 0 Å². The second-order valence-electron chi connectivity index (χ2n) is 5.66. The topological polar surface area (TPSA) is 84.2 Å². The Morgan fingerprint density at radius 1 is 1.19 bits per heavy atom. The van der Waals surface area contributed by atoms with Crippen LogP contribution in [0.5, 0.6) is 0 Å². The van der Waals surface area contributed by atoms with E-state index < -0.39 is 0 Å². The zero-order valence-corrected chi connectivity index (χ0v) is 13.7. The van der Waals surface area contributed by atoms with Crippen LogP contribution in [0.25, 0.3) is 0 Å². The number of rotatable bonds is 4. The summed E-state index contributed by atoms with van der Waals surface area (Å²) >= 11 is 11.7. The number of carbonyl (C=O) groups excluding carboxylic acids is 2. The van der Waals surface area contributed by atoms with Gasteiger partial charge in [-0.15, -0.1) is 0 Å². The van der Waals surface area contributed by atoms with Crippen LogP contribution in [0.15, 0.2) is 12.1 Å². The Hall–Kier alpha value is -1.46. The van der Waals surface area contributed by atoms with Gasteiger partial charge in [-0.25, -0.2) is 0 Å². The molecule has 0 fully saturated rings. The summed E-state index contributed by atoms with van der Waals surface area (Å²) in [6.07, 6.45) is 0.194. The van der Waals surface area contributed by atoms with E-state index in [1.54, 1.807) is 0 Å². The van der Waals surface area contributed by atoms with E-state index in [9.17, 15) is 9.59 Å². The minimum Gasteiger partial charge on any atom is -0.396 e. The number of nitrogens with two attached hydrogens (primary N) is 1. The molecule has 21 heavy (non-hydrogen) atoms. The Morgan fingerprint density at radius 3 is 2.19 bits per heavy atom. The number of hydrogen-bond acceptors (Lipinski definition) is 3. The van der Waals surface area contributed by atoms with Gasteiger partial charge in [-0.05, 0) is 32.9 Å². The van der Waals surface area contributed by atoms with Crippen LogP contribution < -0.4 is 16.4 Å². The summed E-state index contributed by atoms with van der Waals surface area (Å²) in [5, 5.41) is 5.88. The molecule has 7 heteroatoms. The second-order valence-corrected chi connectivity index (χ2v) is 6.47. The summed E-state index contributed by atoms with van der Waals surface area (Å²) in [7, 11) is 0. The third-order valence-electron chi connectivity index (χ3n) is 2.49. The third-order valence-corrected chi connectivity index (χ3v) is 3.12. The maximum absolute atomic E-state index is 11.9. The van der Waals surface area contributed by atoms with Crippen molar-refractivity contribution in [2.75, 3.05) is 12.3 Å². The summed E-state index contributed by atoms with van der Waals surface area (Å²) in [6, 6.07) is 2.88. The average molecular weight is 332 g/mol. The molecule has 1 rings (SSSR count). The molecule has 0 heterocycles. The number of halogens is 2. The lowest BCUT2D eigenvalue weighted by molar-refractivity contribution is -0.122. The van der Waals surface area contributed by atoms with Crippen molar-refractivity contribution in [3.8, 4) is 0 Å². The molecule has 4 N–H and O–H groups in total. The number of benzene rings is 1. The smallest absolute Gasteiger partial charge is 0.251 e. The number of hydrogen-bond donors (Lipinski definition) is 3. The van der Waals surface area contributed by atoms with Crippen molar-refractivity contribution < 1.29 is 9.59 Å². The standard InChI is InChI=1S/C14H19Cl2N3O2/c1-14(2,3)19-11(20)4-5-18-13(21)8-6-9(15)12(17)10(16)7-8/h6-7H,4-5,17H2,1-3H3,(H,18,21)(H,19,20). The molecule has 0 aliphatic carbocycles. The van der Waals surface area contributed by atoms with Gasteiger partial charge in [0.15, 0.2) is 0 Å². The van der Waals surface area contributed by atoms with Crippen molar-refractivity contribution in [2.24, 2.45) is 0 Å². The van der Waals surface area contributed by atoms with E-state index in [1.165, 1.54) is 12.1 Å². The predicted molar refractivity (Wildman–Crippen MR) is 85.7 cm³/mol. The second kappa shape index (κ2) is 7.00. The first-order valence-electron chi connectivity index (χ1n) is 6.44. The largest absolute Gasteiger partial charge is 0.396 e. The molecule has 5 nitrogen and oxygen atoms in total. The molecule has 0 saturated carbocycles. The number of nitrogen functional groups attached to an aromatic ring is 1. The van der Waals surface area contributed by atoms with Crippen molar-refractivity contribution in [1.82, 2.24) is 10.6 Å². The van der Waals surface area contributed by atoms with Gasteiger partial charge in [0.1, 0.15) is 0 Å². The first-order valence-corrected chi connectivity index (χ1v) is 7.19. The van der Waals surface area contributed by atoms with Gasteiger partial charge >= 0.3 is 0 Å². The number of carbonyl (C=O) groups is 2. The van der Waals surface area contributed by atoms with Crippen LogP contribution in [0.3, 0.4) is 0 Å². The molecule has 0 unspecified atom stereocenters. The quantitative estimate of drug-likeness (QED) is 0.741. The van der Waals surface area contributed by atoms with Crippen LogP contribution in [-0.2, 0) is 4.79 Å². The van der Waals surface area contributed by atoms with E-state index >= 15 is 0 Å². The monoisotopic (exact) mass is 331 g/mol. The Morgan fingerprint density at radius 2 is 1.71 bits per heavy atom. The highest BCUT2D eigenvalue weighted by molar-refractivity contribution is 6.39. The maximum Gasteiger partial charge on any atom is 0.251 e. The fraction of sp³-hybridized carbons (Fsp3) is 0.429. The number of nitrogens with one attached hydrogen (secondary N) is 2. The zero-order valence-electron chi connectivity index (χ0n) is 12.2. The Labute approximate surface area is 134 Å². The molecule has 1 aromatic rings. The highest BCUT2D eigenvalue weighted by Crippen LogP contribution is 2.28. The van der Waals surface area contributed by atoms with Crippen LogP contribution in [0.1, 0.15) is 37.6 Å². The SMILES string of the molecule is CC(C)(C)NC(=O)CCNC(=O)c1cc(Cl)c(N)c(Cl)c1. The van der Waals surface area contributed by atoms with Gasteiger partial charge in [0.05, 0.1) is 15.7 Å². The van der Waals surface area contributed by atoms with E-state index in [2.05, 4.69) is 10.6 Å². The maximum atomic E-state index is 11.9. The van der Waals surface area contributed by atoms with E-state index in [-0.39, 0.29) is 46.1 Å². The Balaban J connectivity index is 2.54. The van der Waals surface area contributed by atoms with Gasteiger partial charge in [0.25, 0.3) is 5.91 Å². The first kappa shape index (κ1) is 17.6. The molecule has 0 aliphatic heterocycles. The molecule has 0 bridgehead atoms. The van der Waals surface area contributed by atoms with Gasteiger partial charge in [0, 0.05) is 24.1 Å². The van der Waals surface area contributed by atoms with Crippen LogP contribution in [-0.4, -0.2) is 23.9 Å². The lowest BCUT2D eigenvalue weighted by Crippen LogP contribution is -2.41. The van der Waals surface area contributed by atoms with Gasteiger partial charge in [-0.1, -0.05) is 23.2 Å². The van der Waals surface area contributed by atoms with Crippen LogP contribution >= 0.6 is 23.2 Å². The lowest BCUT2D eigenvalue weighted by atomic mass is 10.1. The van der Waals surface area contributed by atoms with E-state index in [4.69, 9.17) is 28.9 Å². The van der Waals surface area contributed by atoms with Crippen molar-refractivity contribution in [1.29, 1.82) is 0 Å². The molecule has 116 valence electrons. The normalized spacial score (nSPS) is 11.1.